The number of rotatable bonds is 5. The molecule has 1 heteroatoms. The quantitative estimate of drug-likeness (QED) is 0.728. The van der Waals surface area contributed by atoms with Crippen LogP contribution in [0.4, 0.5) is 0 Å². The lowest BCUT2D eigenvalue weighted by Crippen LogP contribution is -2.40. The number of hydrogen-bond acceptors (Lipinski definition) is 1. The first-order valence-corrected chi connectivity index (χ1v) is 6.70. The molecule has 0 amide bonds. The minimum atomic E-state index is 0.431. The van der Waals surface area contributed by atoms with E-state index in [0.717, 1.165) is 17.9 Å². The molecule has 0 saturated heterocycles. The van der Waals surface area contributed by atoms with Crippen LogP contribution in [0.25, 0.3) is 0 Å². The summed E-state index contributed by atoms with van der Waals surface area (Å²) >= 11 is 0. The molecule has 90 valence electrons. The van der Waals surface area contributed by atoms with E-state index in [4.69, 9.17) is 0 Å². The van der Waals surface area contributed by atoms with Crippen molar-refractivity contribution in [1.29, 1.82) is 0 Å². The molecule has 0 spiro atoms. The minimum absolute atomic E-state index is 0.431. The lowest BCUT2D eigenvalue weighted by Gasteiger charge is -2.32. The molecular formula is C14H29N. The maximum Gasteiger partial charge on any atom is 0.00954 e. The van der Waals surface area contributed by atoms with Crippen molar-refractivity contribution in [3.05, 3.63) is 0 Å². The van der Waals surface area contributed by atoms with Gasteiger partial charge >= 0.3 is 0 Å². The molecule has 0 aromatic carbocycles. The highest BCUT2D eigenvalue weighted by Crippen LogP contribution is 2.30. The van der Waals surface area contributed by atoms with E-state index in [1.54, 1.807) is 0 Å². The molecule has 1 aliphatic rings. The summed E-state index contributed by atoms with van der Waals surface area (Å²) in [5.74, 6) is 1.69. The Morgan fingerprint density at radius 2 is 1.93 bits per heavy atom. The summed E-state index contributed by atoms with van der Waals surface area (Å²) in [7, 11) is 0. The highest BCUT2D eigenvalue weighted by molar-refractivity contribution is 4.85. The average Bonchev–Trinajstić information content (AvgIpc) is 2.61. The van der Waals surface area contributed by atoms with Gasteiger partial charge in [-0.1, -0.05) is 47.5 Å². The van der Waals surface area contributed by atoms with Crippen LogP contribution in [0.15, 0.2) is 0 Å². The van der Waals surface area contributed by atoms with Gasteiger partial charge in [-0.05, 0) is 30.1 Å². The predicted molar refractivity (Wildman–Crippen MR) is 68.0 cm³/mol. The zero-order chi connectivity index (χ0) is 11.5. The van der Waals surface area contributed by atoms with Gasteiger partial charge < -0.3 is 5.32 Å². The van der Waals surface area contributed by atoms with E-state index in [1.807, 2.05) is 0 Å². The van der Waals surface area contributed by atoms with Crippen LogP contribution in [0.1, 0.15) is 60.3 Å². The van der Waals surface area contributed by atoms with Gasteiger partial charge in [0.15, 0.2) is 0 Å². The monoisotopic (exact) mass is 211 g/mol. The van der Waals surface area contributed by atoms with Crippen molar-refractivity contribution in [2.24, 2.45) is 17.3 Å². The second kappa shape index (κ2) is 5.34. The summed E-state index contributed by atoms with van der Waals surface area (Å²) in [6.45, 7) is 12.9. The first kappa shape index (κ1) is 13.0. The molecule has 1 nitrogen and oxygen atoms in total. The molecule has 2 atom stereocenters. The summed E-state index contributed by atoms with van der Waals surface area (Å²) in [6.07, 6.45) is 5.61. The maximum atomic E-state index is 3.80. The maximum absolute atomic E-state index is 3.80. The van der Waals surface area contributed by atoms with Crippen LogP contribution >= 0.6 is 0 Å². The third-order valence-corrected chi connectivity index (χ3v) is 4.57. The van der Waals surface area contributed by atoms with Crippen LogP contribution in [0.2, 0.25) is 0 Å². The van der Waals surface area contributed by atoms with E-state index in [0.29, 0.717) is 5.41 Å². The van der Waals surface area contributed by atoms with Crippen molar-refractivity contribution in [3.63, 3.8) is 0 Å². The summed E-state index contributed by atoms with van der Waals surface area (Å²) in [5, 5.41) is 3.80. The van der Waals surface area contributed by atoms with Crippen LogP contribution in [0.5, 0.6) is 0 Å². The largest absolute Gasteiger partial charge is 0.313 e. The Bertz CT molecular complexity index is 184. The summed E-state index contributed by atoms with van der Waals surface area (Å²) in [5.41, 5.74) is 0.431. The Morgan fingerprint density at radius 1 is 1.27 bits per heavy atom. The van der Waals surface area contributed by atoms with Gasteiger partial charge in [0.25, 0.3) is 0 Å². The van der Waals surface area contributed by atoms with E-state index in [1.165, 1.54) is 32.2 Å². The first-order valence-electron chi connectivity index (χ1n) is 6.70. The normalized spacial score (nSPS) is 27.6. The number of hydrogen-bond donors (Lipinski definition) is 1. The third-order valence-electron chi connectivity index (χ3n) is 4.57. The molecule has 1 aliphatic carbocycles. The van der Waals surface area contributed by atoms with Gasteiger partial charge in [-0.15, -0.1) is 0 Å². The molecule has 1 rings (SSSR count). The summed E-state index contributed by atoms with van der Waals surface area (Å²) < 4.78 is 0. The Balaban J connectivity index is 2.36. The zero-order valence-corrected chi connectivity index (χ0v) is 11.3. The Hall–Kier alpha value is -0.0400. The Morgan fingerprint density at radius 3 is 2.47 bits per heavy atom. The summed E-state index contributed by atoms with van der Waals surface area (Å²) in [4.78, 5) is 0. The van der Waals surface area contributed by atoms with Crippen molar-refractivity contribution < 1.29 is 0 Å². The van der Waals surface area contributed by atoms with Gasteiger partial charge in [0.2, 0.25) is 0 Å². The topological polar surface area (TPSA) is 12.0 Å². The van der Waals surface area contributed by atoms with Gasteiger partial charge in [-0.3, -0.25) is 0 Å². The van der Waals surface area contributed by atoms with Crippen molar-refractivity contribution in [3.8, 4) is 0 Å². The third kappa shape index (κ3) is 3.48. The molecule has 1 fully saturated rings. The minimum Gasteiger partial charge on any atom is -0.313 e. The molecule has 0 aliphatic heterocycles. The van der Waals surface area contributed by atoms with Crippen molar-refractivity contribution in [2.45, 2.75) is 66.3 Å². The highest BCUT2D eigenvalue weighted by atomic mass is 14.9. The molecule has 2 unspecified atom stereocenters. The molecule has 0 aromatic rings. The SMILES string of the molecule is CCC1CCCC1NCC(C)(C)C(C)C. The van der Waals surface area contributed by atoms with Gasteiger partial charge in [-0.2, -0.15) is 0 Å². The average molecular weight is 211 g/mol. The molecule has 0 aromatic heterocycles. The lowest BCUT2D eigenvalue weighted by atomic mass is 9.81. The zero-order valence-electron chi connectivity index (χ0n) is 11.3. The van der Waals surface area contributed by atoms with Gasteiger partial charge in [0.1, 0.15) is 0 Å². The van der Waals surface area contributed by atoms with Crippen LogP contribution in [0.3, 0.4) is 0 Å². The van der Waals surface area contributed by atoms with E-state index < -0.39 is 0 Å². The molecule has 0 bridgehead atoms. The molecular weight excluding hydrogens is 182 g/mol. The van der Waals surface area contributed by atoms with Gasteiger partial charge in [-0.25, -0.2) is 0 Å². The smallest absolute Gasteiger partial charge is 0.00954 e. The van der Waals surface area contributed by atoms with Gasteiger partial charge in [0.05, 0.1) is 0 Å². The van der Waals surface area contributed by atoms with Crippen molar-refractivity contribution >= 4 is 0 Å². The fraction of sp³-hybridized carbons (Fsp3) is 1.00. The van der Waals surface area contributed by atoms with Crippen LogP contribution in [0, 0.1) is 17.3 Å². The molecule has 1 saturated carbocycles. The van der Waals surface area contributed by atoms with E-state index in [-0.39, 0.29) is 0 Å². The van der Waals surface area contributed by atoms with Crippen LogP contribution in [-0.4, -0.2) is 12.6 Å². The first-order chi connectivity index (χ1) is 6.97. The van der Waals surface area contributed by atoms with Gasteiger partial charge in [0, 0.05) is 12.6 Å². The standard InChI is InChI=1S/C14H29N/c1-6-12-8-7-9-13(12)15-10-14(4,5)11(2)3/h11-13,15H,6-10H2,1-5H3. The molecule has 1 N–H and O–H groups in total. The fourth-order valence-electron chi connectivity index (χ4n) is 2.39. The molecule has 15 heavy (non-hydrogen) atoms. The Labute approximate surface area is 96.0 Å². The second-order valence-corrected chi connectivity index (χ2v) is 6.23. The molecule has 0 heterocycles. The molecule has 0 radical (unpaired) electrons. The fourth-order valence-corrected chi connectivity index (χ4v) is 2.39. The van der Waals surface area contributed by atoms with Crippen LogP contribution < -0.4 is 5.32 Å². The Kier molecular flexibility index (Phi) is 4.64. The second-order valence-electron chi connectivity index (χ2n) is 6.23. The highest BCUT2D eigenvalue weighted by Gasteiger charge is 2.28. The van der Waals surface area contributed by atoms with Crippen LogP contribution in [-0.2, 0) is 0 Å². The van der Waals surface area contributed by atoms with Crippen molar-refractivity contribution in [1.82, 2.24) is 5.32 Å². The van der Waals surface area contributed by atoms with E-state index >= 15 is 0 Å². The van der Waals surface area contributed by atoms with Crippen molar-refractivity contribution in [2.75, 3.05) is 6.54 Å². The predicted octanol–water partition coefficient (Wildman–Crippen LogP) is 3.84. The van der Waals surface area contributed by atoms with E-state index in [9.17, 15) is 0 Å². The van der Waals surface area contributed by atoms with E-state index in [2.05, 4.69) is 39.9 Å². The lowest BCUT2D eigenvalue weighted by molar-refractivity contribution is 0.218. The summed E-state index contributed by atoms with van der Waals surface area (Å²) in [6, 6.07) is 0.799. The number of nitrogens with one attached hydrogen (secondary N) is 1.